The highest BCUT2D eigenvalue weighted by molar-refractivity contribution is 7.53. The fourth-order valence-electron chi connectivity index (χ4n) is 5.79. The molecule has 0 aliphatic heterocycles. The van der Waals surface area contributed by atoms with Crippen molar-refractivity contribution < 1.29 is 18.2 Å². The maximum atomic E-state index is 13.6. The van der Waals surface area contributed by atoms with Crippen molar-refractivity contribution in [2.75, 3.05) is 19.4 Å². The molecule has 0 unspecified atom stereocenters. The molecular formula is C38H73NO3P+. The predicted octanol–water partition coefficient (Wildman–Crippen LogP) is 12.5. The van der Waals surface area contributed by atoms with Gasteiger partial charge in [0, 0.05) is 12.1 Å². The molecule has 1 heterocycles. The average Bonchev–Trinajstić information content (AvgIpc) is 3.01. The number of aryl methyl sites for hydroxylation is 2. The Balaban J connectivity index is 2.20. The molecule has 0 aromatic carbocycles. The normalized spacial score (nSPS) is 11.9. The average molecular weight is 623 g/mol. The Labute approximate surface area is 269 Å². The second-order valence-electron chi connectivity index (χ2n) is 13.1. The maximum Gasteiger partial charge on any atom is 0.330 e. The summed E-state index contributed by atoms with van der Waals surface area (Å²) < 4.78 is 27.7. The zero-order valence-corrected chi connectivity index (χ0v) is 30.0. The van der Waals surface area contributed by atoms with Gasteiger partial charge in [-0.25, -0.2) is 4.57 Å². The molecule has 0 spiro atoms. The van der Waals surface area contributed by atoms with Crippen molar-refractivity contribution in [3.63, 3.8) is 0 Å². The van der Waals surface area contributed by atoms with Crippen LogP contribution in [-0.4, -0.2) is 19.4 Å². The van der Waals surface area contributed by atoms with Crippen molar-refractivity contribution in [3.05, 3.63) is 30.1 Å². The molecule has 0 atom stereocenters. The van der Waals surface area contributed by atoms with Gasteiger partial charge in [0.05, 0.1) is 19.4 Å². The van der Waals surface area contributed by atoms with E-state index in [0.717, 1.165) is 32.1 Å². The molecule has 1 aromatic rings. The number of hydrogen-bond acceptors (Lipinski definition) is 3. The van der Waals surface area contributed by atoms with Crippen LogP contribution in [0, 0.1) is 0 Å². The molecule has 0 fully saturated rings. The molecular weight excluding hydrogens is 549 g/mol. The first-order valence-electron chi connectivity index (χ1n) is 18.9. The van der Waals surface area contributed by atoms with Gasteiger partial charge in [-0.05, 0) is 37.7 Å². The van der Waals surface area contributed by atoms with Gasteiger partial charge in [0.1, 0.15) is 7.05 Å². The van der Waals surface area contributed by atoms with Crippen LogP contribution in [0.5, 0.6) is 0 Å². The van der Waals surface area contributed by atoms with Crippen molar-refractivity contribution in [2.45, 2.75) is 187 Å². The van der Waals surface area contributed by atoms with E-state index in [1.165, 1.54) is 147 Å². The molecule has 0 aliphatic carbocycles. The second kappa shape index (κ2) is 30.0. The van der Waals surface area contributed by atoms with Crippen LogP contribution in [-0.2, 0) is 27.1 Å². The lowest BCUT2D eigenvalue weighted by Crippen LogP contribution is -2.25. The van der Waals surface area contributed by atoms with E-state index in [0.29, 0.717) is 19.4 Å². The Morgan fingerprint density at radius 2 is 0.860 bits per heavy atom. The monoisotopic (exact) mass is 623 g/mol. The number of nitrogens with zero attached hydrogens (tertiary/aromatic N) is 1. The summed E-state index contributed by atoms with van der Waals surface area (Å²) in [6, 6.07) is 4.35. The molecule has 4 nitrogen and oxygen atoms in total. The standard InChI is InChI=1S/C38H73NO3P/c1-4-6-8-10-12-14-16-18-20-22-24-27-35-41-43(40,37-29-26-30-38-31-33-39(3)34-32-38)42-36-28-25-23-21-19-17-15-13-11-9-7-5-2/h31-34H,4-30,35-37H2,1-3H3/q+1. The van der Waals surface area contributed by atoms with Crippen LogP contribution in [0.15, 0.2) is 24.5 Å². The summed E-state index contributed by atoms with van der Waals surface area (Å²) in [5.74, 6) is 0. The van der Waals surface area contributed by atoms with Crippen molar-refractivity contribution in [2.24, 2.45) is 7.05 Å². The molecule has 0 amide bonds. The molecule has 0 saturated heterocycles. The third-order valence-corrected chi connectivity index (χ3v) is 10.8. The van der Waals surface area contributed by atoms with E-state index >= 15 is 0 Å². The molecule has 0 N–H and O–H groups in total. The molecule has 1 aromatic heterocycles. The summed E-state index contributed by atoms with van der Waals surface area (Å²) >= 11 is 0. The van der Waals surface area contributed by atoms with Crippen molar-refractivity contribution in [1.29, 1.82) is 0 Å². The maximum absolute atomic E-state index is 13.6. The van der Waals surface area contributed by atoms with Crippen LogP contribution >= 0.6 is 7.60 Å². The molecule has 0 bridgehead atoms. The fourth-order valence-corrected chi connectivity index (χ4v) is 7.55. The first-order valence-corrected chi connectivity index (χ1v) is 20.6. The smallest absolute Gasteiger partial charge is 0.309 e. The Kier molecular flexibility index (Phi) is 28.1. The third kappa shape index (κ3) is 26.2. The molecule has 43 heavy (non-hydrogen) atoms. The number of aromatic nitrogens is 1. The lowest BCUT2D eigenvalue weighted by molar-refractivity contribution is -0.671. The Morgan fingerprint density at radius 1 is 0.512 bits per heavy atom. The van der Waals surface area contributed by atoms with Gasteiger partial charge in [0.2, 0.25) is 0 Å². The number of pyridine rings is 1. The van der Waals surface area contributed by atoms with Crippen molar-refractivity contribution in [1.82, 2.24) is 0 Å². The summed E-state index contributed by atoms with van der Waals surface area (Å²) in [7, 11) is -0.974. The van der Waals surface area contributed by atoms with Gasteiger partial charge in [-0.15, -0.1) is 0 Å². The SMILES string of the molecule is CCCCCCCCCCCCCCOP(=O)(CCCCc1cc[n+](C)cc1)OCCCCCCCCCCCCCC. The lowest BCUT2D eigenvalue weighted by atomic mass is 10.1. The molecule has 1 rings (SSSR count). The van der Waals surface area contributed by atoms with Crippen LogP contribution in [0.4, 0.5) is 0 Å². The van der Waals surface area contributed by atoms with E-state index in [-0.39, 0.29) is 0 Å². The van der Waals surface area contributed by atoms with E-state index in [1.54, 1.807) is 0 Å². The van der Waals surface area contributed by atoms with Gasteiger partial charge < -0.3 is 9.05 Å². The zero-order chi connectivity index (χ0) is 31.1. The van der Waals surface area contributed by atoms with Gasteiger partial charge in [-0.1, -0.05) is 155 Å². The summed E-state index contributed by atoms with van der Waals surface area (Å²) in [6.45, 7) is 5.71. The molecule has 0 aliphatic rings. The molecule has 5 heteroatoms. The van der Waals surface area contributed by atoms with E-state index in [4.69, 9.17) is 9.05 Å². The highest BCUT2D eigenvalue weighted by Crippen LogP contribution is 2.49. The summed E-state index contributed by atoms with van der Waals surface area (Å²) in [5, 5.41) is 0. The second-order valence-corrected chi connectivity index (χ2v) is 15.3. The minimum Gasteiger partial charge on any atom is -0.309 e. The third-order valence-electron chi connectivity index (χ3n) is 8.77. The predicted molar refractivity (Wildman–Crippen MR) is 187 cm³/mol. The van der Waals surface area contributed by atoms with Gasteiger partial charge in [-0.3, -0.25) is 4.57 Å². The minimum atomic E-state index is -3.02. The fraction of sp³-hybridized carbons (Fsp3) is 0.868. The zero-order valence-electron chi connectivity index (χ0n) is 29.1. The Bertz CT molecular complexity index is 720. The highest BCUT2D eigenvalue weighted by atomic mass is 31.2. The van der Waals surface area contributed by atoms with Gasteiger partial charge in [0.15, 0.2) is 12.4 Å². The van der Waals surface area contributed by atoms with E-state index in [1.807, 2.05) is 7.05 Å². The van der Waals surface area contributed by atoms with E-state index < -0.39 is 7.60 Å². The van der Waals surface area contributed by atoms with Crippen LogP contribution in [0.25, 0.3) is 0 Å². The minimum absolute atomic E-state index is 0.546. The van der Waals surface area contributed by atoms with Crippen LogP contribution in [0.3, 0.4) is 0 Å². The van der Waals surface area contributed by atoms with Gasteiger partial charge in [0.25, 0.3) is 0 Å². The van der Waals surface area contributed by atoms with Crippen LogP contribution < -0.4 is 4.57 Å². The van der Waals surface area contributed by atoms with Gasteiger partial charge >= 0.3 is 7.60 Å². The Hall–Kier alpha value is -0.700. The van der Waals surface area contributed by atoms with Gasteiger partial charge in [-0.2, -0.15) is 0 Å². The summed E-state index contributed by atoms with van der Waals surface area (Å²) in [5.41, 5.74) is 1.34. The summed E-state index contributed by atoms with van der Waals surface area (Å²) in [6.07, 6.45) is 39.3. The first kappa shape index (κ1) is 40.3. The molecule has 0 radical (unpaired) electrons. The highest BCUT2D eigenvalue weighted by Gasteiger charge is 2.23. The lowest BCUT2D eigenvalue weighted by Gasteiger charge is -2.19. The van der Waals surface area contributed by atoms with Crippen LogP contribution in [0.2, 0.25) is 0 Å². The van der Waals surface area contributed by atoms with Crippen molar-refractivity contribution in [3.8, 4) is 0 Å². The number of rotatable bonds is 33. The topological polar surface area (TPSA) is 39.4 Å². The van der Waals surface area contributed by atoms with E-state index in [2.05, 4.69) is 42.9 Å². The number of hydrogen-bond donors (Lipinski definition) is 0. The molecule has 252 valence electrons. The first-order chi connectivity index (χ1) is 21.1. The summed E-state index contributed by atoms with van der Waals surface area (Å²) in [4.78, 5) is 0. The van der Waals surface area contributed by atoms with Crippen molar-refractivity contribution >= 4 is 7.60 Å². The largest absolute Gasteiger partial charge is 0.330 e. The quantitative estimate of drug-likeness (QED) is 0.0445. The molecule has 0 saturated carbocycles. The Morgan fingerprint density at radius 3 is 1.23 bits per heavy atom. The van der Waals surface area contributed by atoms with E-state index in [9.17, 15) is 4.57 Å². The number of unbranched alkanes of at least 4 members (excludes halogenated alkanes) is 23. The van der Waals surface area contributed by atoms with Crippen LogP contribution in [0.1, 0.15) is 186 Å².